The topological polar surface area (TPSA) is 109 Å². The van der Waals surface area contributed by atoms with Crippen LogP contribution in [0.4, 0.5) is 0 Å². The molecule has 0 heterocycles. The number of ether oxygens (including phenoxy) is 3. The lowest BCUT2D eigenvalue weighted by molar-refractivity contribution is 0.00230. The molecule has 0 aromatic carbocycles. The van der Waals surface area contributed by atoms with Crippen LogP contribution in [0.15, 0.2) is 0 Å². The van der Waals surface area contributed by atoms with Crippen LogP contribution < -0.4 is 0 Å². The van der Waals surface area contributed by atoms with Crippen molar-refractivity contribution >= 4 is 0 Å². The van der Waals surface area contributed by atoms with Gasteiger partial charge < -0.3 is 34.6 Å². The van der Waals surface area contributed by atoms with Crippen molar-refractivity contribution < 1.29 is 34.6 Å². The Morgan fingerprint density at radius 2 is 0.706 bits per heavy atom. The molecule has 0 saturated carbocycles. The van der Waals surface area contributed by atoms with E-state index >= 15 is 0 Å². The van der Waals surface area contributed by atoms with Crippen molar-refractivity contribution in [2.75, 3.05) is 66.1 Å². The van der Waals surface area contributed by atoms with Gasteiger partial charge in [-0.1, -0.05) is 0 Å². The van der Waals surface area contributed by atoms with Crippen molar-refractivity contribution in [2.45, 2.75) is 0 Å². The third-order valence-electron chi connectivity index (χ3n) is 1.32. The maximum absolute atomic E-state index is 8.36. The molecule has 0 atom stereocenters. The van der Waals surface area contributed by atoms with E-state index in [1.54, 1.807) is 0 Å². The van der Waals surface area contributed by atoms with Gasteiger partial charge in [0, 0.05) is 0 Å². The Bertz CT molecular complexity index is 101. The zero-order valence-corrected chi connectivity index (χ0v) is 10.1. The summed E-state index contributed by atoms with van der Waals surface area (Å²) >= 11 is 0. The molecule has 0 aliphatic heterocycles. The van der Waals surface area contributed by atoms with Crippen molar-refractivity contribution in [3.05, 3.63) is 0 Å². The standard InChI is InChI=1S/C8H18O5.C2H6O2/c9-1-3-11-5-7-13-8-6-12-4-2-10;3-1-2-4/h9-10H,1-8H2;3-4H,1-2H2. The second-order valence-electron chi connectivity index (χ2n) is 2.73. The summed E-state index contributed by atoms with van der Waals surface area (Å²) in [4.78, 5) is 0. The molecule has 0 aliphatic carbocycles. The molecule has 17 heavy (non-hydrogen) atoms. The quantitative estimate of drug-likeness (QED) is 0.316. The number of rotatable bonds is 11. The molecule has 0 aliphatic rings. The van der Waals surface area contributed by atoms with E-state index in [1.807, 2.05) is 0 Å². The summed E-state index contributed by atoms with van der Waals surface area (Å²) < 4.78 is 15.0. The number of aliphatic hydroxyl groups excluding tert-OH is 4. The maximum Gasteiger partial charge on any atom is 0.0701 e. The first-order chi connectivity index (χ1) is 8.33. The molecular formula is C10H24O7. The van der Waals surface area contributed by atoms with E-state index in [0.29, 0.717) is 39.6 Å². The van der Waals surface area contributed by atoms with E-state index in [0.717, 1.165) is 0 Å². The molecule has 0 saturated heterocycles. The van der Waals surface area contributed by atoms with Crippen LogP contribution in [-0.4, -0.2) is 86.5 Å². The smallest absolute Gasteiger partial charge is 0.0701 e. The maximum atomic E-state index is 8.36. The van der Waals surface area contributed by atoms with Gasteiger partial charge in [0.1, 0.15) is 0 Å². The van der Waals surface area contributed by atoms with Gasteiger partial charge in [-0.25, -0.2) is 0 Å². The molecule has 106 valence electrons. The summed E-state index contributed by atoms with van der Waals surface area (Å²) in [6, 6.07) is 0. The molecule has 0 rings (SSSR count). The minimum absolute atomic E-state index is 0.0413. The Labute approximate surface area is 102 Å². The molecule has 4 N–H and O–H groups in total. The highest BCUT2D eigenvalue weighted by molar-refractivity contribution is 4.33. The molecule has 7 nitrogen and oxygen atoms in total. The average Bonchev–Trinajstić information content (AvgIpc) is 2.37. The van der Waals surface area contributed by atoms with Gasteiger partial charge in [0.25, 0.3) is 0 Å². The summed E-state index contributed by atoms with van der Waals surface area (Å²) in [6.45, 7) is 2.51. The molecule has 0 spiro atoms. The molecule has 0 fully saturated rings. The molecule has 0 aromatic heterocycles. The van der Waals surface area contributed by atoms with Crippen LogP contribution in [0.25, 0.3) is 0 Å². The Hall–Kier alpha value is -0.280. The fraction of sp³-hybridized carbons (Fsp3) is 1.00. The Balaban J connectivity index is 0. The Kier molecular flexibility index (Phi) is 23.6. The van der Waals surface area contributed by atoms with E-state index in [4.69, 9.17) is 34.6 Å². The SMILES string of the molecule is OCCO.OCCOCCOCCOCCO. The molecule has 0 aromatic rings. The highest BCUT2D eigenvalue weighted by Crippen LogP contribution is 1.80. The Morgan fingerprint density at radius 1 is 0.412 bits per heavy atom. The molecule has 0 amide bonds. The normalized spacial score (nSPS) is 9.88. The van der Waals surface area contributed by atoms with Crippen LogP contribution in [-0.2, 0) is 14.2 Å². The van der Waals surface area contributed by atoms with Crippen LogP contribution in [0, 0.1) is 0 Å². The third-order valence-corrected chi connectivity index (χ3v) is 1.32. The molecule has 0 unspecified atom stereocenters. The van der Waals surface area contributed by atoms with Gasteiger partial charge in [-0.3, -0.25) is 0 Å². The first-order valence-electron chi connectivity index (χ1n) is 5.50. The lowest BCUT2D eigenvalue weighted by Gasteiger charge is -2.04. The van der Waals surface area contributed by atoms with Crippen LogP contribution in [0.1, 0.15) is 0 Å². The zero-order valence-electron chi connectivity index (χ0n) is 10.1. The molecular weight excluding hydrogens is 232 g/mol. The zero-order chi connectivity index (χ0) is 13.2. The fourth-order valence-corrected chi connectivity index (χ4v) is 0.671. The van der Waals surface area contributed by atoms with E-state index in [2.05, 4.69) is 0 Å². The second-order valence-corrected chi connectivity index (χ2v) is 2.73. The minimum atomic E-state index is -0.125. The van der Waals surface area contributed by atoms with E-state index in [1.165, 1.54) is 0 Å². The predicted octanol–water partition coefficient (Wildman–Crippen LogP) is -2.01. The van der Waals surface area contributed by atoms with Crippen LogP contribution in [0.2, 0.25) is 0 Å². The van der Waals surface area contributed by atoms with E-state index in [9.17, 15) is 0 Å². The largest absolute Gasteiger partial charge is 0.394 e. The monoisotopic (exact) mass is 256 g/mol. The van der Waals surface area contributed by atoms with Gasteiger partial charge in [-0.05, 0) is 0 Å². The summed E-state index contributed by atoms with van der Waals surface area (Å²) in [5.74, 6) is 0. The van der Waals surface area contributed by atoms with E-state index in [-0.39, 0.29) is 26.4 Å². The van der Waals surface area contributed by atoms with Crippen molar-refractivity contribution in [1.82, 2.24) is 0 Å². The summed E-state index contributed by atoms with van der Waals surface area (Å²) in [6.07, 6.45) is 0. The lowest BCUT2D eigenvalue weighted by atomic mass is 10.7. The molecule has 0 radical (unpaired) electrons. The summed E-state index contributed by atoms with van der Waals surface area (Å²) in [7, 11) is 0. The second kappa shape index (κ2) is 21.1. The first-order valence-corrected chi connectivity index (χ1v) is 5.50. The van der Waals surface area contributed by atoms with Crippen molar-refractivity contribution in [3.8, 4) is 0 Å². The Morgan fingerprint density at radius 3 is 0.941 bits per heavy atom. The van der Waals surface area contributed by atoms with Crippen molar-refractivity contribution in [1.29, 1.82) is 0 Å². The number of aliphatic hydroxyl groups is 4. The number of hydrogen-bond donors (Lipinski definition) is 4. The van der Waals surface area contributed by atoms with Crippen LogP contribution in [0.3, 0.4) is 0 Å². The van der Waals surface area contributed by atoms with Gasteiger partial charge in [-0.15, -0.1) is 0 Å². The van der Waals surface area contributed by atoms with Gasteiger partial charge in [0.05, 0.1) is 66.1 Å². The lowest BCUT2D eigenvalue weighted by Crippen LogP contribution is -2.11. The first kappa shape index (κ1) is 19.1. The summed E-state index contributed by atoms with van der Waals surface area (Å²) in [5.41, 5.74) is 0. The minimum Gasteiger partial charge on any atom is -0.394 e. The van der Waals surface area contributed by atoms with Crippen molar-refractivity contribution in [2.24, 2.45) is 0 Å². The van der Waals surface area contributed by atoms with Crippen LogP contribution >= 0.6 is 0 Å². The van der Waals surface area contributed by atoms with Gasteiger partial charge >= 0.3 is 0 Å². The van der Waals surface area contributed by atoms with Gasteiger partial charge in [-0.2, -0.15) is 0 Å². The molecule has 0 bridgehead atoms. The summed E-state index contributed by atoms with van der Waals surface area (Å²) in [5, 5.41) is 32.0. The van der Waals surface area contributed by atoms with Gasteiger partial charge in [0.2, 0.25) is 0 Å². The highest BCUT2D eigenvalue weighted by atomic mass is 16.5. The van der Waals surface area contributed by atoms with Crippen molar-refractivity contribution in [3.63, 3.8) is 0 Å². The van der Waals surface area contributed by atoms with E-state index < -0.39 is 0 Å². The highest BCUT2D eigenvalue weighted by Gasteiger charge is 1.89. The molecule has 7 heteroatoms. The number of hydrogen-bond acceptors (Lipinski definition) is 7. The average molecular weight is 256 g/mol. The predicted molar refractivity (Wildman–Crippen MR) is 60.8 cm³/mol. The van der Waals surface area contributed by atoms with Gasteiger partial charge in [0.15, 0.2) is 0 Å². The fourth-order valence-electron chi connectivity index (χ4n) is 0.671. The van der Waals surface area contributed by atoms with Crippen LogP contribution in [0.5, 0.6) is 0 Å². The third kappa shape index (κ3) is 25.7.